The van der Waals surface area contributed by atoms with Gasteiger partial charge in [-0.15, -0.1) is 16.9 Å². The molecule has 1 amide bonds. The van der Waals surface area contributed by atoms with E-state index in [1.807, 2.05) is 24.4 Å². The molecule has 0 bridgehead atoms. The van der Waals surface area contributed by atoms with Crippen LogP contribution in [-0.4, -0.2) is 111 Å². The van der Waals surface area contributed by atoms with E-state index in [2.05, 4.69) is 43.6 Å². The highest BCUT2D eigenvalue weighted by atomic mass is 32.2. The Labute approximate surface area is 258 Å². The molecule has 0 aliphatic carbocycles. The molecule has 2 N–H and O–H groups in total. The lowest BCUT2D eigenvalue weighted by Gasteiger charge is -2.32. The molecular weight excluding hydrogens is 580 g/mol. The summed E-state index contributed by atoms with van der Waals surface area (Å²) in [4.78, 5) is 28.0. The molecule has 5 aromatic rings. The molecule has 2 aliphatic heterocycles. The molecule has 0 unspecified atom stereocenters. The molecule has 1 saturated heterocycles. The average molecular weight is 615 g/mol. The van der Waals surface area contributed by atoms with E-state index in [1.165, 1.54) is 0 Å². The van der Waals surface area contributed by atoms with Crippen molar-refractivity contribution >= 4 is 45.9 Å². The molecule has 1 fully saturated rings. The Morgan fingerprint density at radius 1 is 1.14 bits per heavy atom. The number of carbonyl (C=O) groups is 1. The van der Waals surface area contributed by atoms with Gasteiger partial charge < -0.3 is 24.6 Å². The van der Waals surface area contributed by atoms with Crippen LogP contribution in [0.4, 0.5) is 16.3 Å². The van der Waals surface area contributed by atoms with Gasteiger partial charge in [0.25, 0.3) is 0 Å². The fourth-order valence-corrected chi connectivity index (χ4v) is 6.49. The largest absolute Gasteiger partial charge is 0.494 e. The molecule has 14 heteroatoms. The molecule has 7 rings (SSSR count). The molecule has 6 heterocycles. The third-order valence-corrected chi connectivity index (χ3v) is 9.03. The smallest absolute Gasteiger partial charge is 0.412 e. The number of thioether (sulfide) groups is 1. The van der Waals surface area contributed by atoms with Crippen LogP contribution in [-0.2, 0) is 4.74 Å². The first-order valence-electron chi connectivity index (χ1n) is 14.7. The molecule has 4 aromatic heterocycles. The third kappa shape index (κ3) is 5.63. The van der Waals surface area contributed by atoms with Crippen LogP contribution in [0.5, 0.6) is 5.75 Å². The molecular formula is C30H34N10O3S. The van der Waals surface area contributed by atoms with E-state index in [1.54, 1.807) is 46.7 Å². The number of piperazine rings is 1. The number of likely N-dealkylation sites (N-methyl/N-ethyl adjacent to an activating group) is 1. The van der Waals surface area contributed by atoms with Gasteiger partial charge in [0.2, 0.25) is 0 Å². The van der Waals surface area contributed by atoms with Crippen molar-refractivity contribution in [2.24, 2.45) is 0 Å². The molecule has 0 radical (unpaired) electrons. The van der Waals surface area contributed by atoms with Crippen molar-refractivity contribution in [3.05, 3.63) is 49.1 Å². The first-order valence-corrected chi connectivity index (χ1v) is 15.7. The number of fused-ring (bicyclic) bond motifs is 3. The predicted molar refractivity (Wildman–Crippen MR) is 170 cm³/mol. The highest BCUT2D eigenvalue weighted by molar-refractivity contribution is 7.99. The van der Waals surface area contributed by atoms with Crippen LogP contribution in [0.15, 0.2) is 53.9 Å². The second kappa shape index (κ2) is 12.3. The standard InChI is InChI=1S/C30H34N10O3S/c1-37-9-11-38(12-10-37)7-4-13-43-30(41)35-28-21-18-33-22(20-19-34-39-8-3-5-32-29(20)39)15-24(21)40(36-28)25-17-27-23(16-26(25)42-2)31-6-14-44-27/h3,5,8,15-19,31H,4,6-7,9-14H2,1-2H3,(H,35,36,41). The summed E-state index contributed by atoms with van der Waals surface area (Å²) >= 11 is 1.78. The zero-order valence-electron chi connectivity index (χ0n) is 24.7. The Balaban J connectivity index is 1.20. The van der Waals surface area contributed by atoms with Gasteiger partial charge in [-0.3, -0.25) is 10.3 Å². The molecule has 1 aromatic carbocycles. The fraction of sp³-hybridized carbons (Fsp3) is 0.367. The van der Waals surface area contributed by atoms with E-state index in [-0.39, 0.29) is 0 Å². The summed E-state index contributed by atoms with van der Waals surface area (Å²) in [5.74, 6) is 1.96. The molecule has 0 spiro atoms. The SMILES string of the molecule is COc1cc2c(cc1-n1nc(NC(=O)OCCCN3CCN(C)CC3)c3cnc(-c4cnn5cccnc45)cc31)SCCN2. The Morgan fingerprint density at radius 3 is 2.89 bits per heavy atom. The van der Waals surface area contributed by atoms with Gasteiger partial charge in [-0.1, -0.05) is 0 Å². The highest BCUT2D eigenvalue weighted by Crippen LogP contribution is 2.40. The quantitative estimate of drug-likeness (QED) is 0.248. The topological polar surface area (TPSA) is 127 Å². The maximum atomic E-state index is 12.9. The molecule has 228 valence electrons. The number of amides is 1. The number of ether oxygens (including phenoxy) is 2. The monoisotopic (exact) mass is 614 g/mol. The fourth-order valence-electron chi connectivity index (χ4n) is 5.58. The van der Waals surface area contributed by atoms with Crippen LogP contribution < -0.4 is 15.4 Å². The summed E-state index contributed by atoms with van der Waals surface area (Å²) in [6.45, 7) is 6.30. The number of rotatable bonds is 8. The summed E-state index contributed by atoms with van der Waals surface area (Å²) < 4.78 is 14.9. The number of methoxy groups -OCH3 is 1. The zero-order valence-corrected chi connectivity index (χ0v) is 25.5. The Hall–Kier alpha value is -4.40. The van der Waals surface area contributed by atoms with E-state index < -0.39 is 6.09 Å². The van der Waals surface area contributed by atoms with Gasteiger partial charge >= 0.3 is 6.09 Å². The average Bonchev–Trinajstić information content (AvgIpc) is 3.64. The van der Waals surface area contributed by atoms with E-state index in [9.17, 15) is 4.79 Å². The van der Waals surface area contributed by atoms with Crippen LogP contribution in [0.1, 0.15) is 6.42 Å². The van der Waals surface area contributed by atoms with Crippen molar-refractivity contribution < 1.29 is 14.3 Å². The minimum absolute atomic E-state index is 0.323. The second-order valence-electron chi connectivity index (χ2n) is 10.8. The maximum Gasteiger partial charge on any atom is 0.412 e. The molecule has 0 saturated carbocycles. The molecule has 13 nitrogen and oxygen atoms in total. The Kier molecular flexibility index (Phi) is 7.93. The normalized spacial score (nSPS) is 15.7. The zero-order chi connectivity index (χ0) is 30.0. The minimum Gasteiger partial charge on any atom is -0.494 e. The minimum atomic E-state index is -0.553. The number of aromatic nitrogens is 6. The van der Waals surface area contributed by atoms with Crippen LogP contribution in [0.3, 0.4) is 0 Å². The number of pyridine rings is 1. The van der Waals surface area contributed by atoms with E-state index in [0.717, 1.165) is 78.8 Å². The Morgan fingerprint density at radius 2 is 2.02 bits per heavy atom. The van der Waals surface area contributed by atoms with Crippen LogP contribution >= 0.6 is 11.8 Å². The van der Waals surface area contributed by atoms with Crippen LogP contribution in [0.25, 0.3) is 33.5 Å². The van der Waals surface area contributed by atoms with E-state index in [4.69, 9.17) is 19.6 Å². The number of carbonyl (C=O) groups excluding carboxylic acids is 1. The summed E-state index contributed by atoms with van der Waals surface area (Å²) in [6.07, 6.45) is 7.25. The second-order valence-corrected chi connectivity index (χ2v) is 12.0. The van der Waals surface area contributed by atoms with Crippen molar-refractivity contribution in [2.45, 2.75) is 11.3 Å². The van der Waals surface area contributed by atoms with Gasteiger partial charge in [-0.05, 0) is 31.7 Å². The summed E-state index contributed by atoms with van der Waals surface area (Å²) in [5, 5.41) is 16.3. The number of benzene rings is 1. The van der Waals surface area contributed by atoms with Gasteiger partial charge in [-0.2, -0.15) is 5.10 Å². The molecule has 0 atom stereocenters. The van der Waals surface area contributed by atoms with Gasteiger partial charge in [0.1, 0.15) is 11.4 Å². The lowest BCUT2D eigenvalue weighted by Crippen LogP contribution is -2.44. The number of hydrogen-bond acceptors (Lipinski definition) is 11. The van der Waals surface area contributed by atoms with E-state index >= 15 is 0 Å². The third-order valence-electron chi connectivity index (χ3n) is 7.97. The molecule has 2 aliphatic rings. The maximum absolute atomic E-state index is 12.9. The first-order chi connectivity index (χ1) is 21.6. The number of anilines is 2. The lowest BCUT2D eigenvalue weighted by molar-refractivity contribution is 0.130. The predicted octanol–water partition coefficient (Wildman–Crippen LogP) is 3.84. The number of hydrogen-bond donors (Lipinski definition) is 2. The first kappa shape index (κ1) is 28.4. The van der Waals surface area contributed by atoms with Gasteiger partial charge in [0.05, 0.1) is 47.8 Å². The van der Waals surface area contributed by atoms with Gasteiger partial charge in [0, 0.05) is 74.6 Å². The van der Waals surface area contributed by atoms with Crippen molar-refractivity contribution in [2.75, 3.05) is 76.4 Å². The van der Waals surface area contributed by atoms with E-state index in [0.29, 0.717) is 34.9 Å². The summed E-state index contributed by atoms with van der Waals surface area (Å²) in [6, 6.07) is 7.82. The van der Waals surface area contributed by atoms with Gasteiger partial charge in [0.15, 0.2) is 11.5 Å². The van der Waals surface area contributed by atoms with Crippen molar-refractivity contribution in [3.8, 4) is 22.7 Å². The number of nitrogens with zero attached hydrogens (tertiary/aromatic N) is 8. The van der Waals surface area contributed by atoms with Crippen molar-refractivity contribution in [3.63, 3.8) is 0 Å². The van der Waals surface area contributed by atoms with Crippen LogP contribution in [0.2, 0.25) is 0 Å². The van der Waals surface area contributed by atoms with Crippen LogP contribution in [0, 0.1) is 0 Å². The lowest BCUT2D eigenvalue weighted by atomic mass is 10.2. The van der Waals surface area contributed by atoms with Crippen molar-refractivity contribution in [1.82, 2.24) is 39.2 Å². The number of nitrogens with one attached hydrogen (secondary N) is 2. The molecule has 44 heavy (non-hydrogen) atoms. The van der Waals surface area contributed by atoms with Crippen molar-refractivity contribution in [1.29, 1.82) is 0 Å². The summed E-state index contributed by atoms with van der Waals surface area (Å²) in [5.41, 5.74) is 4.67. The highest BCUT2D eigenvalue weighted by Gasteiger charge is 2.22. The Bertz CT molecular complexity index is 1810. The summed E-state index contributed by atoms with van der Waals surface area (Å²) in [7, 11) is 3.78. The van der Waals surface area contributed by atoms with Gasteiger partial charge in [-0.25, -0.2) is 19.0 Å².